The second-order valence-corrected chi connectivity index (χ2v) is 8.41. The van der Waals surface area contributed by atoms with Crippen LogP contribution in [0.15, 0.2) is 22.7 Å². The van der Waals surface area contributed by atoms with Crippen LogP contribution in [0.2, 0.25) is 0 Å². The van der Waals surface area contributed by atoms with E-state index in [1.807, 2.05) is 29.9 Å². The summed E-state index contributed by atoms with van der Waals surface area (Å²) in [5.41, 5.74) is 2.10. The lowest BCUT2D eigenvalue weighted by atomic mass is 9.77. The Bertz CT molecular complexity index is 907. The number of hydrogen-bond acceptors (Lipinski definition) is 5. The predicted octanol–water partition coefficient (Wildman–Crippen LogP) is 3.39. The van der Waals surface area contributed by atoms with Gasteiger partial charge in [-0.15, -0.1) is 16.3 Å². The van der Waals surface area contributed by atoms with Crippen LogP contribution in [0.3, 0.4) is 0 Å². The molecule has 1 aliphatic heterocycles. The van der Waals surface area contributed by atoms with Gasteiger partial charge in [0.05, 0.1) is 6.21 Å². The Balaban J connectivity index is 1.58. The molecule has 0 aromatic carbocycles. The molecule has 4 rings (SSSR count). The summed E-state index contributed by atoms with van der Waals surface area (Å²) in [5.74, 6) is 0.360. The first-order valence-electron chi connectivity index (χ1n) is 9.21. The summed E-state index contributed by atoms with van der Waals surface area (Å²) in [6.07, 6.45) is 6.61. The number of rotatable bonds is 3. The molecule has 1 saturated heterocycles. The van der Waals surface area contributed by atoms with E-state index in [0.29, 0.717) is 18.8 Å². The lowest BCUT2D eigenvalue weighted by Gasteiger charge is -2.33. The van der Waals surface area contributed by atoms with Crippen LogP contribution in [0.1, 0.15) is 49.6 Å². The summed E-state index contributed by atoms with van der Waals surface area (Å²) in [7, 11) is 0. The van der Waals surface area contributed by atoms with Gasteiger partial charge in [0.25, 0.3) is 5.91 Å². The Kier molecular flexibility index (Phi) is 4.38. The molecular formula is C19H23N5O2S. The minimum absolute atomic E-state index is 0.232. The van der Waals surface area contributed by atoms with Gasteiger partial charge in [-0.05, 0) is 51.5 Å². The molecule has 1 spiro atoms. The van der Waals surface area contributed by atoms with E-state index in [1.54, 1.807) is 23.7 Å². The standard InChI is InChI=1S/C19H23N5O2S/c1-12-4-6-19(7-5-12)16(25)24(17(26)22-19)21-11-15-10-13(2)23(14(15)3)18-20-8-9-27-18/h8-12H,4-7H2,1-3H3,(H,22,26)/b21-11-. The van der Waals surface area contributed by atoms with Crippen LogP contribution >= 0.6 is 11.3 Å². The van der Waals surface area contributed by atoms with Crippen LogP contribution in [0.4, 0.5) is 4.79 Å². The Hall–Kier alpha value is -2.48. The van der Waals surface area contributed by atoms with Crippen molar-refractivity contribution < 1.29 is 9.59 Å². The number of thiazole rings is 1. The number of urea groups is 1. The zero-order chi connectivity index (χ0) is 19.2. The SMILES string of the molecule is Cc1cc(/C=N\N2C(=O)NC3(CCC(C)CC3)C2=O)c(C)n1-c1nccs1. The quantitative estimate of drug-likeness (QED) is 0.650. The molecule has 0 bridgehead atoms. The molecule has 27 heavy (non-hydrogen) atoms. The molecule has 142 valence electrons. The number of hydrogen-bond donors (Lipinski definition) is 1. The van der Waals surface area contributed by atoms with Gasteiger partial charge in [-0.3, -0.25) is 9.36 Å². The number of nitrogens with one attached hydrogen (secondary N) is 1. The second kappa shape index (κ2) is 6.60. The highest BCUT2D eigenvalue weighted by Crippen LogP contribution is 2.36. The van der Waals surface area contributed by atoms with Gasteiger partial charge in [-0.25, -0.2) is 9.78 Å². The van der Waals surface area contributed by atoms with E-state index >= 15 is 0 Å². The van der Waals surface area contributed by atoms with Gasteiger partial charge in [0, 0.05) is 28.5 Å². The van der Waals surface area contributed by atoms with Crippen LogP contribution in [-0.4, -0.2) is 38.3 Å². The Labute approximate surface area is 162 Å². The highest BCUT2D eigenvalue weighted by Gasteiger charge is 2.52. The Morgan fingerprint density at radius 3 is 2.74 bits per heavy atom. The van der Waals surface area contributed by atoms with Crippen molar-refractivity contribution >= 4 is 29.5 Å². The van der Waals surface area contributed by atoms with Gasteiger partial charge in [-0.1, -0.05) is 6.92 Å². The first-order valence-corrected chi connectivity index (χ1v) is 10.1. The number of carbonyl (C=O) groups is 2. The fourth-order valence-electron chi connectivity index (χ4n) is 3.96. The van der Waals surface area contributed by atoms with Crippen molar-refractivity contribution in [3.05, 3.63) is 34.6 Å². The number of nitrogens with zero attached hydrogens (tertiary/aromatic N) is 4. The number of aryl methyl sites for hydroxylation is 1. The highest BCUT2D eigenvalue weighted by atomic mass is 32.1. The summed E-state index contributed by atoms with van der Waals surface area (Å²) < 4.78 is 2.04. The fourth-order valence-corrected chi connectivity index (χ4v) is 4.72. The Morgan fingerprint density at radius 1 is 1.33 bits per heavy atom. The predicted molar refractivity (Wildman–Crippen MR) is 104 cm³/mol. The summed E-state index contributed by atoms with van der Waals surface area (Å²) in [5, 5.41) is 10.9. The lowest BCUT2D eigenvalue weighted by molar-refractivity contribution is -0.132. The lowest BCUT2D eigenvalue weighted by Crippen LogP contribution is -2.49. The van der Waals surface area contributed by atoms with Crippen molar-refractivity contribution in [3.8, 4) is 5.13 Å². The number of hydrazone groups is 1. The van der Waals surface area contributed by atoms with E-state index in [2.05, 4.69) is 22.3 Å². The monoisotopic (exact) mass is 385 g/mol. The summed E-state index contributed by atoms with van der Waals surface area (Å²) >= 11 is 1.56. The molecule has 8 heteroatoms. The first-order chi connectivity index (χ1) is 12.9. The maximum atomic E-state index is 12.9. The van der Waals surface area contributed by atoms with E-state index < -0.39 is 11.6 Å². The van der Waals surface area contributed by atoms with Gasteiger partial charge >= 0.3 is 6.03 Å². The van der Waals surface area contributed by atoms with Crippen LogP contribution in [0, 0.1) is 19.8 Å². The summed E-state index contributed by atoms with van der Waals surface area (Å²) in [6.45, 7) is 6.16. The number of imide groups is 1. The van der Waals surface area contributed by atoms with Gasteiger partial charge < -0.3 is 5.32 Å². The molecule has 1 N–H and O–H groups in total. The maximum absolute atomic E-state index is 12.9. The van der Waals surface area contributed by atoms with E-state index in [1.165, 1.54) is 0 Å². The largest absolute Gasteiger partial charge is 0.346 e. The van der Waals surface area contributed by atoms with E-state index in [-0.39, 0.29) is 5.91 Å². The zero-order valence-corrected chi connectivity index (χ0v) is 16.5. The number of amides is 3. The minimum Gasteiger partial charge on any atom is -0.321 e. The average molecular weight is 385 g/mol. The van der Waals surface area contributed by atoms with E-state index in [4.69, 9.17) is 0 Å². The Morgan fingerprint density at radius 2 is 2.07 bits per heavy atom. The maximum Gasteiger partial charge on any atom is 0.346 e. The van der Waals surface area contributed by atoms with Crippen molar-refractivity contribution in [2.24, 2.45) is 11.0 Å². The number of carbonyl (C=O) groups excluding carboxylic acids is 2. The molecule has 3 heterocycles. The molecule has 3 amide bonds. The van der Waals surface area contributed by atoms with Gasteiger partial charge in [0.1, 0.15) is 5.54 Å². The molecule has 2 aromatic heterocycles. The molecule has 1 aliphatic carbocycles. The molecular weight excluding hydrogens is 362 g/mol. The first kappa shape index (κ1) is 17.9. The fraction of sp³-hybridized carbons (Fsp3) is 0.474. The van der Waals surface area contributed by atoms with Gasteiger partial charge in [0.2, 0.25) is 0 Å². The molecule has 7 nitrogen and oxygen atoms in total. The molecule has 2 aromatic rings. The summed E-state index contributed by atoms with van der Waals surface area (Å²) in [6, 6.07) is 1.55. The highest BCUT2D eigenvalue weighted by molar-refractivity contribution is 7.12. The van der Waals surface area contributed by atoms with Crippen molar-refractivity contribution in [1.29, 1.82) is 0 Å². The van der Waals surface area contributed by atoms with E-state index in [0.717, 1.165) is 39.9 Å². The molecule has 2 fully saturated rings. The van der Waals surface area contributed by atoms with Crippen LogP contribution in [0.5, 0.6) is 0 Å². The van der Waals surface area contributed by atoms with Crippen molar-refractivity contribution in [2.45, 2.75) is 52.0 Å². The van der Waals surface area contributed by atoms with Crippen molar-refractivity contribution in [1.82, 2.24) is 19.9 Å². The third kappa shape index (κ3) is 2.97. The second-order valence-electron chi connectivity index (χ2n) is 7.53. The molecule has 0 radical (unpaired) electrons. The van der Waals surface area contributed by atoms with Crippen LogP contribution in [0.25, 0.3) is 5.13 Å². The van der Waals surface area contributed by atoms with Crippen LogP contribution in [-0.2, 0) is 4.79 Å². The van der Waals surface area contributed by atoms with Crippen molar-refractivity contribution in [2.75, 3.05) is 0 Å². The molecule has 1 saturated carbocycles. The number of aromatic nitrogens is 2. The topological polar surface area (TPSA) is 79.6 Å². The molecule has 0 atom stereocenters. The molecule has 2 aliphatic rings. The third-order valence-corrected chi connectivity index (χ3v) is 6.42. The normalized spacial score (nSPS) is 25.7. The van der Waals surface area contributed by atoms with Crippen molar-refractivity contribution in [3.63, 3.8) is 0 Å². The third-order valence-electron chi connectivity index (χ3n) is 5.66. The molecule has 0 unspecified atom stereocenters. The van der Waals surface area contributed by atoms with E-state index in [9.17, 15) is 9.59 Å². The zero-order valence-electron chi connectivity index (χ0n) is 15.7. The van der Waals surface area contributed by atoms with Gasteiger partial charge in [-0.2, -0.15) is 5.10 Å². The van der Waals surface area contributed by atoms with Crippen LogP contribution < -0.4 is 5.32 Å². The summed E-state index contributed by atoms with van der Waals surface area (Å²) in [4.78, 5) is 29.6. The smallest absolute Gasteiger partial charge is 0.321 e. The minimum atomic E-state index is -0.765. The van der Waals surface area contributed by atoms with Gasteiger partial charge in [0.15, 0.2) is 5.13 Å². The average Bonchev–Trinajstić information content (AvgIpc) is 3.30.